The molecule has 3 fully saturated rings. The minimum atomic E-state index is -3.02. The van der Waals surface area contributed by atoms with Crippen LogP contribution in [0.5, 0.6) is 0 Å². The number of carbonyl (C=O) groups excluding carboxylic acids is 2. The number of sulfone groups is 1. The lowest BCUT2D eigenvalue weighted by Crippen LogP contribution is -2.48. The molecule has 1 spiro atoms. The van der Waals surface area contributed by atoms with Crippen molar-refractivity contribution in [3.63, 3.8) is 0 Å². The van der Waals surface area contributed by atoms with E-state index in [0.717, 1.165) is 32.1 Å². The van der Waals surface area contributed by atoms with Crippen molar-refractivity contribution < 1.29 is 22.7 Å². The molecule has 7 heteroatoms. The standard InChI is InChI=1S/C14H21NO5S/c16-12-8-11(14(20-12)5-2-1-3-6-14)13(17)15-10-4-7-21(18,19)9-10/h10-11H,1-9H2,(H,15,17). The zero-order chi connectivity index (χ0) is 15.1. The summed E-state index contributed by atoms with van der Waals surface area (Å²) in [5.74, 6) is -0.856. The van der Waals surface area contributed by atoms with Gasteiger partial charge in [0.1, 0.15) is 5.60 Å². The van der Waals surface area contributed by atoms with E-state index >= 15 is 0 Å². The van der Waals surface area contributed by atoms with Crippen molar-refractivity contribution in [3.8, 4) is 0 Å². The number of hydrogen-bond acceptors (Lipinski definition) is 5. The van der Waals surface area contributed by atoms with Crippen molar-refractivity contribution >= 4 is 21.7 Å². The van der Waals surface area contributed by atoms with Gasteiger partial charge >= 0.3 is 5.97 Å². The molecule has 0 radical (unpaired) electrons. The molecule has 1 amide bonds. The van der Waals surface area contributed by atoms with E-state index in [4.69, 9.17) is 4.74 Å². The molecule has 0 bridgehead atoms. The normalized spacial score (nSPS) is 33.8. The summed E-state index contributed by atoms with van der Waals surface area (Å²) >= 11 is 0. The van der Waals surface area contributed by atoms with Crippen molar-refractivity contribution in [2.24, 2.45) is 5.92 Å². The van der Waals surface area contributed by atoms with Gasteiger partial charge < -0.3 is 10.1 Å². The summed E-state index contributed by atoms with van der Waals surface area (Å²) < 4.78 is 28.4. The molecule has 3 aliphatic rings. The van der Waals surface area contributed by atoms with Crippen molar-refractivity contribution in [3.05, 3.63) is 0 Å². The minimum Gasteiger partial charge on any atom is -0.458 e. The van der Waals surface area contributed by atoms with Crippen molar-refractivity contribution in [2.45, 2.75) is 56.6 Å². The average molecular weight is 315 g/mol. The first-order chi connectivity index (χ1) is 9.90. The Hall–Kier alpha value is -1.11. The number of amides is 1. The van der Waals surface area contributed by atoms with E-state index in [1.165, 1.54) is 0 Å². The van der Waals surface area contributed by atoms with E-state index in [1.54, 1.807) is 0 Å². The highest BCUT2D eigenvalue weighted by molar-refractivity contribution is 7.91. The molecule has 21 heavy (non-hydrogen) atoms. The van der Waals surface area contributed by atoms with Crippen LogP contribution in [-0.2, 0) is 24.2 Å². The number of carbonyl (C=O) groups is 2. The van der Waals surface area contributed by atoms with Gasteiger partial charge in [-0.15, -0.1) is 0 Å². The Morgan fingerprint density at radius 2 is 1.95 bits per heavy atom. The third-order valence-corrected chi connectivity index (χ3v) is 6.69. The number of hydrogen-bond donors (Lipinski definition) is 1. The van der Waals surface area contributed by atoms with E-state index in [0.29, 0.717) is 6.42 Å². The number of rotatable bonds is 2. The van der Waals surface area contributed by atoms with Gasteiger partial charge in [-0.05, 0) is 32.1 Å². The van der Waals surface area contributed by atoms with Gasteiger partial charge in [0.05, 0.1) is 23.8 Å². The van der Waals surface area contributed by atoms with Gasteiger partial charge in [-0.2, -0.15) is 0 Å². The molecule has 1 saturated carbocycles. The molecule has 118 valence electrons. The SMILES string of the molecule is O=C1CC(C(=O)NC2CCS(=O)(=O)C2)C2(CCCCC2)O1. The third kappa shape index (κ3) is 2.93. The van der Waals surface area contributed by atoms with E-state index in [2.05, 4.69) is 5.32 Å². The number of nitrogens with one attached hydrogen (secondary N) is 1. The van der Waals surface area contributed by atoms with Crippen LogP contribution in [0.25, 0.3) is 0 Å². The smallest absolute Gasteiger partial charge is 0.307 e. The lowest BCUT2D eigenvalue weighted by atomic mass is 9.75. The first-order valence-corrected chi connectivity index (χ1v) is 9.45. The average Bonchev–Trinajstić information content (AvgIpc) is 2.91. The molecular formula is C14H21NO5S. The minimum absolute atomic E-state index is 0.00721. The van der Waals surface area contributed by atoms with Crippen LogP contribution >= 0.6 is 0 Å². The summed E-state index contributed by atoms with van der Waals surface area (Å²) in [6, 6.07) is -0.321. The second-order valence-corrected chi connectivity index (χ2v) is 8.69. The molecule has 1 aliphatic carbocycles. The summed E-state index contributed by atoms with van der Waals surface area (Å²) in [6.07, 6.45) is 5.09. The fourth-order valence-corrected chi connectivity index (χ4v) is 5.51. The Labute approximate surface area is 124 Å². The molecule has 2 atom stereocenters. The van der Waals surface area contributed by atoms with Crippen molar-refractivity contribution in [2.75, 3.05) is 11.5 Å². The van der Waals surface area contributed by atoms with Crippen molar-refractivity contribution in [1.29, 1.82) is 0 Å². The fraction of sp³-hybridized carbons (Fsp3) is 0.857. The van der Waals surface area contributed by atoms with E-state index < -0.39 is 21.4 Å². The molecule has 2 unspecified atom stereocenters. The van der Waals surface area contributed by atoms with E-state index in [9.17, 15) is 18.0 Å². The monoisotopic (exact) mass is 315 g/mol. The van der Waals surface area contributed by atoms with Gasteiger partial charge in [0, 0.05) is 6.04 Å². The molecule has 1 N–H and O–H groups in total. The second-order valence-electron chi connectivity index (χ2n) is 6.46. The zero-order valence-electron chi connectivity index (χ0n) is 12.0. The summed E-state index contributed by atoms with van der Waals surface area (Å²) in [5, 5.41) is 2.82. The molecule has 2 aliphatic heterocycles. The molecule has 0 aromatic carbocycles. The van der Waals surface area contributed by atoms with Gasteiger partial charge in [-0.25, -0.2) is 8.42 Å². The van der Waals surface area contributed by atoms with Crippen LogP contribution in [0, 0.1) is 5.92 Å². The van der Waals surface area contributed by atoms with Crippen LogP contribution in [0.2, 0.25) is 0 Å². The summed E-state index contributed by atoms with van der Waals surface area (Å²) in [6.45, 7) is 0. The predicted molar refractivity (Wildman–Crippen MR) is 75.2 cm³/mol. The maximum absolute atomic E-state index is 12.5. The van der Waals surface area contributed by atoms with Crippen LogP contribution in [0.4, 0.5) is 0 Å². The van der Waals surface area contributed by atoms with Gasteiger partial charge in [-0.3, -0.25) is 9.59 Å². The van der Waals surface area contributed by atoms with Crippen LogP contribution in [0.3, 0.4) is 0 Å². The molecule has 0 aromatic heterocycles. The zero-order valence-corrected chi connectivity index (χ0v) is 12.8. The predicted octanol–water partition coefficient (Wildman–Crippen LogP) is 0.556. The Balaban J connectivity index is 1.69. The molecule has 6 nitrogen and oxygen atoms in total. The second kappa shape index (κ2) is 5.26. The van der Waals surface area contributed by atoms with E-state index in [-0.39, 0.29) is 35.8 Å². The summed E-state index contributed by atoms with van der Waals surface area (Å²) in [7, 11) is -3.02. The molecular weight excluding hydrogens is 294 g/mol. The Morgan fingerprint density at radius 1 is 1.24 bits per heavy atom. The highest BCUT2D eigenvalue weighted by Gasteiger charge is 2.53. The van der Waals surface area contributed by atoms with Crippen LogP contribution in [-0.4, -0.2) is 43.4 Å². The molecule has 2 heterocycles. The van der Waals surface area contributed by atoms with Gasteiger partial charge in [0.15, 0.2) is 9.84 Å². The topological polar surface area (TPSA) is 89.5 Å². The molecule has 0 aromatic rings. The largest absolute Gasteiger partial charge is 0.458 e. The maximum atomic E-state index is 12.5. The van der Waals surface area contributed by atoms with Crippen molar-refractivity contribution in [1.82, 2.24) is 5.32 Å². The molecule has 2 saturated heterocycles. The fourth-order valence-electron chi connectivity index (χ4n) is 3.84. The number of ether oxygens (including phenoxy) is 1. The molecule has 3 rings (SSSR count). The number of esters is 1. The summed E-state index contributed by atoms with van der Waals surface area (Å²) in [4.78, 5) is 24.2. The Morgan fingerprint density at radius 3 is 2.57 bits per heavy atom. The van der Waals surface area contributed by atoms with Crippen LogP contribution in [0.1, 0.15) is 44.9 Å². The highest BCUT2D eigenvalue weighted by atomic mass is 32.2. The summed E-state index contributed by atoms with van der Waals surface area (Å²) in [5.41, 5.74) is -0.642. The Kier molecular flexibility index (Phi) is 3.71. The van der Waals surface area contributed by atoms with Gasteiger partial charge in [0.25, 0.3) is 0 Å². The van der Waals surface area contributed by atoms with Crippen LogP contribution in [0.15, 0.2) is 0 Å². The quantitative estimate of drug-likeness (QED) is 0.752. The van der Waals surface area contributed by atoms with E-state index in [1.807, 2.05) is 0 Å². The third-order valence-electron chi connectivity index (χ3n) is 4.92. The lowest BCUT2D eigenvalue weighted by Gasteiger charge is -2.36. The van der Waals surface area contributed by atoms with Crippen LogP contribution < -0.4 is 5.32 Å². The maximum Gasteiger partial charge on any atom is 0.307 e. The first kappa shape index (κ1) is 14.8. The highest BCUT2D eigenvalue weighted by Crippen LogP contribution is 2.44. The Bertz CT molecular complexity index is 550. The first-order valence-electron chi connectivity index (χ1n) is 7.63. The van der Waals surface area contributed by atoms with Gasteiger partial charge in [-0.1, -0.05) is 6.42 Å². The van der Waals surface area contributed by atoms with Gasteiger partial charge in [0.2, 0.25) is 5.91 Å². The lowest BCUT2D eigenvalue weighted by molar-refractivity contribution is -0.153.